The van der Waals surface area contributed by atoms with Crippen LogP contribution in [-0.2, 0) is 4.79 Å². The van der Waals surface area contributed by atoms with Crippen molar-refractivity contribution in [2.45, 2.75) is 321 Å². The number of unbranched alkanes of at least 4 members (excludes halogenated alkanes) is 36. The standard InChI is InChI=1S/C68H121NO3/c1-3-5-7-9-11-13-15-17-19-21-23-25-27-29-31-32-33-34-35-36-38-39-41-43-45-47-49-51-53-55-57-59-61-63-67(71)66(65-70)69-68(72)64-62-60-58-56-54-52-50-48-46-44-42-40-37-30-28-26-24-22-20-18-16-14-12-10-8-6-4-2/h6,8,12,14,18,20,24,26,30,37,42,44,53,55,61,63,66-67,70-71H,3-5,7,9-11,13,15-17,19,21-23,25,27-29,31-36,38-41,43,45-52,54,56-60,62,64-65H2,1-2H3,(H,69,72)/b8-6-,14-12-,20-18-,26-24-,37-30-,44-42-,55-53+,63-61+. The van der Waals surface area contributed by atoms with Gasteiger partial charge in [-0.1, -0.05) is 317 Å². The summed E-state index contributed by atoms with van der Waals surface area (Å²) in [6, 6.07) is -0.652. The number of rotatable bonds is 57. The first-order chi connectivity index (χ1) is 35.7. The number of hydrogen-bond donors (Lipinski definition) is 3. The number of hydrogen-bond acceptors (Lipinski definition) is 3. The predicted molar refractivity (Wildman–Crippen MR) is 322 cm³/mol. The van der Waals surface area contributed by atoms with Gasteiger partial charge in [0.1, 0.15) is 0 Å². The maximum absolute atomic E-state index is 12.5. The molecule has 0 aromatic heterocycles. The highest BCUT2D eigenvalue weighted by molar-refractivity contribution is 5.76. The Bertz CT molecular complexity index is 1320. The van der Waals surface area contributed by atoms with E-state index in [1.54, 1.807) is 6.08 Å². The van der Waals surface area contributed by atoms with E-state index in [1.807, 2.05) is 6.08 Å². The lowest BCUT2D eigenvalue weighted by Gasteiger charge is -2.19. The van der Waals surface area contributed by atoms with E-state index in [0.29, 0.717) is 6.42 Å². The van der Waals surface area contributed by atoms with Crippen LogP contribution in [0.4, 0.5) is 0 Å². The van der Waals surface area contributed by atoms with Crippen molar-refractivity contribution in [2.75, 3.05) is 6.61 Å². The van der Waals surface area contributed by atoms with Gasteiger partial charge in [-0.2, -0.15) is 0 Å². The fourth-order valence-corrected chi connectivity index (χ4v) is 9.32. The molecule has 0 aromatic carbocycles. The van der Waals surface area contributed by atoms with Gasteiger partial charge in [-0.25, -0.2) is 0 Å². The van der Waals surface area contributed by atoms with Crippen molar-refractivity contribution in [1.29, 1.82) is 0 Å². The molecule has 0 saturated heterocycles. The van der Waals surface area contributed by atoms with Crippen molar-refractivity contribution in [3.63, 3.8) is 0 Å². The Morgan fingerprint density at radius 3 is 0.972 bits per heavy atom. The van der Waals surface area contributed by atoms with Gasteiger partial charge in [0.2, 0.25) is 5.91 Å². The van der Waals surface area contributed by atoms with Crippen molar-refractivity contribution in [3.05, 3.63) is 97.2 Å². The first kappa shape index (κ1) is 69.3. The molecule has 0 aromatic rings. The van der Waals surface area contributed by atoms with Gasteiger partial charge in [0.05, 0.1) is 18.8 Å². The van der Waals surface area contributed by atoms with Gasteiger partial charge in [0.15, 0.2) is 0 Å². The van der Waals surface area contributed by atoms with Crippen LogP contribution in [0.5, 0.6) is 0 Å². The maximum Gasteiger partial charge on any atom is 0.220 e. The van der Waals surface area contributed by atoms with Crippen LogP contribution in [0, 0.1) is 0 Å². The Kier molecular flexibility index (Phi) is 60.3. The van der Waals surface area contributed by atoms with E-state index in [2.05, 4.69) is 104 Å². The summed E-state index contributed by atoms with van der Waals surface area (Å²) < 4.78 is 0. The zero-order valence-electron chi connectivity index (χ0n) is 47.9. The minimum absolute atomic E-state index is 0.0833. The summed E-state index contributed by atoms with van der Waals surface area (Å²) in [7, 11) is 0. The molecule has 0 spiro atoms. The third kappa shape index (κ3) is 58.2. The molecule has 2 atom stereocenters. The number of allylic oxidation sites excluding steroid dienone is 15. The topological polar surface area (TPSA) is 69.6 Å². The minimum atomic E-state index is -0.874. The molecule has 416 valence electrons. The molecule has 2 unspecified atom stereocenters. The minimum Gasteiger partial charge on any atom is -0.394 e. The van der Waals surface area contributed by atoms with Crippen molar-refractivity contribution >= 4 is 5.91 Å². The lowest BCUT2D eigenvalue weighted by atomic mass is 10.0. The summed E-state index contributed by atoms with van der Waals surface area (Å²) in [6.45, 7) is 4.20. The summed E-state index contributed by atoms with van der Waals surface area (Å²) in [5.74, 6) is -0.0833. The summed E-state index contributed by atoms with van der Waals surface area (Å²) in [6.07, 6.45) is 93.2. The van der Waals surface area contributed by atoms with Crippen LogP contribution in [0.3, 0.4) is 0 Å². The van der Waals surface area contributed by atoms with E-state index >= 15 is 0 Å². The number of amides is 1. The summed E-state index contributed by atoms with van der Waals surface area (Å²) in [5.41, 5.74) is 0. The molecule has 0 radical (unpaired) electrons. The van der Waals surface area contributed by atoms with Crippen LogP contribution >= 0.6 is 0 Å². The van der Waals surface area contributed by atoms with Gasteiger partial charge >= 0.3 is 0 Å². The van der Waals surface area contributed by atoms with Crippen LogP contribution in [-0.4, -0.2) is 34.9 Å². The fraction of sp³-hybridized carbons (Fsp3) is 0.750. The lowest BCUT2D eigenvalue weighted by Crippen LogP contribution is -2.45. The smallest absolute Gasteiger partial charge is 0.220 e. The number of aliphatic hydroxyl groups is 2. The van der Waals surface area contributed by atoms with Crippen molar-refractivity contribution in [2.24, 2.45) is 0 Å². The van der Waals surface area contributed by atoms with Crippen molar-refractivity contribution in [3.8, 4) is 0 Å². The molecule has 4 nitrogen and oxygen atoms in total. The molecule has 0 saturated carbocycles. The Balaban J connectivity index is 3.55. The molecule has 4 heteroatoms. The van der Waals surface area contributed by atoms with E-state index in [0.717, 1.165) is 83.5 Å². The third-order valence-corrected chi connectivity index (χ3v) is 14.1. The Morgan fingerprint density at radius 1 is 0.347 bits per heavy atom. The molecule has 1 amide bonds. The van der Waals surface area contributed by atoms with E-state index in [-0.39, 0.29) is 12.5 Å². The number of nitrogens with one attached hydrogen (secondary N) is 1. The average Bonchev–Trinajstić information content (AvgIpc) is 3.39. The molecule has 0 aliphatic carbocycles. The summed E-state index contributed by atoms with van der Waals surface area (Å²) >= 11 is 0. The van der Waals surface area contributed by atoms with Gasteiger partial charge in [0.25, 0.3) is 0 Å². The van der Waals surface area contributed by atoms with E-state index in [1.165, 1.54) is 205 Å². The Morgan fingerprint density at radius 2 is 0.625 bits per heavy atom. The molecule has 0 rings (SSSR count). The van der Waals surface area contributed by atoms with E-state index in [9.17, 15) is 15.0 Å². The van der Waals surface area contributed by atoms with Crippen LogP contribution < -0.4 is 5.32 Å². The second-order valence-electron chi connectivity index (χ2n) is 21.1. The molecule has 0 bridgehead atoms. The van der Waals surface area contributed by atoms with Gasteiger partial charge < -0.3 is 15.5 Å². The van der Waals surface area contributed by atoms with E-state index < -0.39 is 12.1 Å². The molecule has 0 aliphatic heterocycles. The highest BCUT2D eigenvalue weighted by Crippen LogP contribution is 2.17. The van der Waals surface area contributed by atoms with Crippen LogP contribution in [0.2, 0.25) is 0 Å². The Hall–Kier alpha value is -2.69. The highest BCUT2D eigenvalue weighted by atomic mass is 16.3. The quantitative estimate of drug-likeness (QED) is 0.0420. The molecule has 0 aliphatic rings. The average molecular weight is 1000 g/mol. The first-order valence-electron chi connectivity index (χ1n) is 31.5. The largest absolute Gasteiger partial charge is 0.394 e. The molecule has 3 N–H and O–H groups in total. The van der Waals surface area contributed by atoms with Gasteiger partial charge in [-0.05, 0) is 83.5 Å². The molecular weight excluding hydrogens is 879 g/mol. The molecule has 0 heterocycles. The van der Waals surface area contributed by atoms with Crippen molar-refractivity contribution in [1.82, 2.24) is 5.32 Å². The van der Waals surface area contributed by atoms with Crippen LogP contribution in [0.1, 0.15) is 309 Å². The van der Waals surface area contributed by atoms with Crippen LogP contribution in [0.15, 0.2) is 97.2 Å². The van der Waals surface area contributed by atoms with Gasteiger partial charge in [-0.3, -0.25) is 4.79 Å². The summed E-state index contributed by atoms with van der Waals surface area (Å²) in [5, 5.41) is 23.2. The zero-order valence-corrected chi connectivity index (χ0v) is 47.9. The maximum atomic E-state index is 12.5. The normalized spacial score (nSPS) is 13.4. The monoisotopic (exact) mass is 1000 g/mol. The lowest BCUT2D eigenvalue weighted by molar-refractivity contribution is -0.123. The molecular formula is C68H121NO3. The first-order valence-corrected chi connectivity index (χ1v) is 31.5. The fourth-order valence-electron chi connectivity index (χ4n) is 9.32. The third-order valence-electron chi connectivity index (χ3n) is 14.1. The van der Waals surface area contributed by atoms with Gasteiger partial charge in [-0.15, -0.1) is 0 Å². The Labute approximate surface area is 449 Å². The SMILES string of the molecule is CC/C=C\C/C=C\C/C=C\C/C=C\C/C=C\C/C=C\CCCCCCCCCCC(=O)NC(CO)C(O)/C=C/CC/C=C/CCCCCCCCCCCCCCCCCCCCCCCCCCCCC. The number of aliphatic hydroxyl groups excluding tert-OH is 2. The second kappa shape index (κ2) is 62.6. The number of carbonyl (C=O) groups excluding carboxylic acids is 1. The number of carbonyl (C=O) groups is 1. The second-order valence-corrected chi connectivity index (χ2v) is 21.1. The predicted octanol–water partition coefficient (Wildman–Crippen LogP) is 21.3. The van der Waals surface area contributed by atoms with Crippen molar-refractivity contribution < 1.29 is 15.0 Å². The van der Waals surface area contributed by atoms with E-state index in [4.69, 9.17) is 0 Å². The molecule has 72 heavy (non-hydrogen) atoms. The zero-order chi connectivity index (χ0) is 52.0. The summed E-state index contributed by atoms with van der Waals surface area (Å²) in [4.78, 5) is 12.5. The van der Waals surface area contributed by atoms with Crippen LogP contribution in [0.25, 0.3) is 0 Å². The van der Waals surface area contributed by atoms with Gasteiger partial charge in [0, 0.05) is 6.42 Å². The molecule has 0 fully saturated rings. The highest BCUT2D eigenvalue weighted by Gasteiger charge is 2.18.